The number of anilines is 2. The Kier molecular flexibility index (Phi) is 4.98. The Morgan fingerprint density at radius 3 is 2.64 bits per heavy atom. The van der Waals surface area contributed by atoms with Gasteiger partial charge < -0.3 is 14.6 Å². The average Bonchev–Trinajstić information content (AvgIpc) is 3.38. The van der Waals surface area contributed by atoms with Gasteiger partial charge in [0.25, 0.3) is 11.8 Å². The van der Waals surface area contributed by atoms with Gasteiger partial charge in [0, 0.05) is 23.5 Å². The van der Waals surface area contributed by atoms with Crippen molar-refractivity contribution in [2.24, 2.45) is 0 Å². The largest absolute Gasteiger partial charge is 0.459 e. The van der Waals surface area contributed by atoms with E-state index in [0.29, 0.717) is 23.6 Å². The van der Waals surface area contributed by atoms with Crippen molar-refractivity contribution >= 4 is 23.2 Å². The average molecular weight is 374 g/mol. The minimum Gasteiger partial charge on any atom is -0.459 e. The van der Waals surface area contributed by atoms with Crippen molar-refractivity contribution in [2.75, 3.05) is 16.8 Å². The van der Waals surface area contributed by atoms with Gasteiger partial charge in [-0.05, 0) is 60.4 Å². The van der Waals surface area contributed by atoms with Crippen molar-refractivity contribution in [1.82, 2.24) is 0 Å². The van der Waals surface area contributed by atoms with Crippen LogP contribution in [-0.4, -0.2) is 18.4 Å². The highest BCUT2D eigenvalue weighted by Gasteiger charge is 2.27. The van der Waals surface area contributed by atoms with E-state index in [9.17, 15) is 9.59 Å². The first-order valence-electron chi connectivity index (χ1n) is 9.54. The number of nitrogens with one attached hydrogen (secondary N) is 1. The minimum atomic E-state index is -0.168. The summed E-state index contributed by atoms with van der Waals surface area (Å²) in [6.45, 7) is 2.74. The molecule has 0 saturated carbocycles. The quantitative estimate of drug-likeness (QED) is 0.705. The topological polar surface area (TPSA) is 62.6 Å². The van der Waals surface area contributed by atoms with Crippen LogP contribution in [0.25, 0.3) is 0 Å². The Labute approximate surface area is 164 Å². The molecule has 2 heterocycles. The van der Waals surface area contributed by atoms with Gasteiger partial charge in [0.2, 0.25) is 0 Å². The molecule has 5 nitrogen and oxygen atoms in total. The van der Waals surface area contributed by atoms with Crippen molar-refractivity contribution < 1.29 is 14.0 Å². The molecular weight excluding hydrogens is 352 g/mol. The van der Waals surface area contributed by atoms with Crippen LogP contribution >= 0.6 is 0 Å². The third kappa shape index (κ3) is 3.56. The third-order valence-corrected chi connectivity index (χ3v) is 4.97. The van der Waals surface area contributed by atoms with E-state index in [-0.39, 0.29) is 11.8 Å². The SMILES string of the molecule is CCCc1ccc(C(=O)Nc2ccc3c(c2)N(C(=O)c2ccco2)CC3)cc1. The van der Waals surface area contributed by atoms with Crippen LogP contribution in [0.3, 0.4) is 0 Å². The van der Waals surface area contributed by atoms with Crippen molar-refractivity contribution in [3.05, 3.63) is 83.3 Å². The fourth-order valence-corrected chi connectivity index (χ4v) is 3.52. The Hall–Kier alpha value is -3.34. The summed E-state index contributed by atoms with van der Waals surface area (Å²) in [6, 6.07) is 16.7. The number of hydrogen-bond donors (Lipinski definition) is 1. The van der Waals surface area contributed by atoms with E-state index in [2.05, 4.69) is 12.2 Å². The third-order valence-electron chi connectivity index (χ3n) is 4.97. The van der Waals surface area contributed by atoms with Crippen molar-refractivity contribution in [3.8, 4) is 0 Å². The summed E-state index contributed by atoms with van der Waals surface area (Å²) >= 11 is 0. The summed E-state index contributed by atoms with van der Waals surface area (Å²) in [5.74, 6) is -0.0156. The van der Waals surface area contributed by atoms with Crippen LogP contribution in [0.15, 0.2) is 65.3 Å². The first kappa shape index (κ1) is 18.0. The van der Waals surface area contributed by atoms with Gasteiger partial charge in [-0.25, -0.2) is 0 Å². The Balaban J connectivity index is 1.51. The van der Waals surface area contributed by atoms with E-state index in [4.69, 9.17) is 4.42 Å². The highest BCUT2D eigenvalue weighted by Crippen LogP contribution is 2.32. The monoisotopic (exact) mass is 374 g/mol. The first-order valence-corrected chi connectivity index (χ1v) is 9.54. The molecule has 4 rings (SSSR count). The normalized spacial score (nSPS) is 12.7. The Morgan fingerprint density at radius 1 is 1.11 bits per heavy atom. The van der Waals surface area contributed by atoms with Crippen LogP contribution < -0.4 is 10.2 Å². The van der Waals surface area contributed by atoms with Gasteiger partial charge in [-0.15, -0.1) is 0 Å². The lowest BCUT2D eigenvalue weighted by Crippen LogP contribution is -2.28. The molecule has 0 saturated heterocycles. The molecule has 2 amide bonds. The van der Waals surface area contributed by atoms with Crippen molar-refractivity contribution in [2.45, 2.75) is 26.2 Å². The molecule has 2 aromatic carbocycles. The van der Waals surface area contributed by atoms with Gasteiger partial charge in [-0.1, -0.05) is 31.5 Å². The fraction of sp³-hybridized carbons (Fsp3) is 0.217. The number of hydrogen-bond acceptors (Lipinski definition) is 3. The number of fused-ring (bicyclic) bond motifs is 1. The lowest BCUT2D eigenvalue weighted by molar-refractivity contribution is 0.0962. The first-order chi connectivity index (χ1) is 13.7. The van der Waals surface area contributed by atoms with E-state index >= 15 is 0 Å². The second-order valence-electron chi connectivity index (χ2n) is 6.93. The van der Waals surface area contributed by atoms with Crippen LogP contribution in [-0.2, 0) is 12.8 Å². The maximum Gasteiger partial charge on any atom is 0.293 e. The second-order valence-corrected chi connectivity index (χ2v) is 6.93. The summed E-state index contributed by atoms with van der Waals surface area (Å²) < 4.78 is 5.24. The highest BCUT2D eigenvalue weighted by atomic mass is 16.3. The molecule has 0 spiro atoms. The molecule has 1 aromatic heterocycles. The molecule has 0 bridgehead atoms. The summed E-state index contributed by atoms with van der Waals surface area (Å²) in [5, 5.41) is 2.93. The molecule has 28 heavy (non-hydrogen) atoms. The summed E-state index contributed by atoms with van der Waals surface area (Å²) in [7, 11) is 0. The molecular formula is C23H22N2O3. The number of aryl methyl sites for hydroxylation is 1. The zero-order chi connectivity index (χ0) is 19.5. The van der Waals surface area contributed by atoms with Gasteiger partial charge in [0.15, 0.2) is 5.76 Å². The van der Waals surface area contributed by atoms with E-state index in [1.165, 1.54) is 11.8 Å². The maximum atomic E-state index is 12.7. The van der Waals surface area contributed by atoms with E-state index < -0.39 is 0 Å². The molecule has 0 radical (unpaired) electrons. The lowest BCUT2D eigenvalue weighted by Gasteiger charge is -2.17. The number of nitrogens with zero attached hydrogens (tertiary/aromatic N) is 1. The summed E-state index contributed by atoms with van der Waals surface area (Å²) in [6.07, 6.45) is 4.36. The van der Waals surface area contributed by atoms with Crippen LogP contribution in [0.5, 0.6) is 0 Å². The fourth-order valence-electron chi connectivity index (χ4n) is 3.52. The molecule has 3 aromatic rings. The van der Waals surface area contributed by atoms with Gasteiger partial charge in [-0.2, -0.15) is 0 Å². The highest BCUT2D eigenvalue weighted by molar-refractivity contribution is 6.07. The molecule has 1 N–H and O–H groups in total. The Bertz CT molecular complexity index is 991. The van der Waals surface area contributed by atoms with Gasteiger partial charge >= 0.3 is 0 Å². The predicted molar refractivity (Wildman–Crippen MR) is 109 cm³/mol. The standard InChI is InChI=1S/C23H22N2O3/c1-2-4-16-6-8-18(9-7-16)22(26)24-19-11-10-17-12-13-25(20(17)15-19)23(27)21-5-3-14-28-21/h3,5-11,14-15H,2,4,12-13H2,1H3,(H,24,26). The van der Waals surface area contributed by atoms with Gasteiger partial charge in [0.05, 0.1) is 6.26 Å². The number of carbonyl (C=O) groups is 2. The number of rotatable bonds is 5. The van der Waals surface area contributed by atoms with E-state index in [1.807, 2.05) is 42.5 Å². The maximum absolute atomic E-state index is 12.7. The number of amides is 2. The van der Waals surface area contributed by atoms with Crippen LogP contribution in [0.1, 0.15) is 45.4 Å². The molecule has 5 heteroatoms. The molecule has 0 unspecified atom stereocenters. The Morgan fingerprint density at radius 2 is 1.93 bits per heavy atom. The number of furan rings is 1. The van der Waals surface area contributed by atoms with Crippen molar-refractivity contribution in [1.29, 1.82) is 0 Å². The van der Waals surface area contributed by atoms with E-state index in [1.54, 1.807) is 17.0 Å². The molecule has 1 aliphatic heterocycles. The lowest BCUT2D eigenvalue weighted by atomic mass is 10.1. The van der Waals surface area contributed by atoms with Crippen LogP contribution in [0.2, 0.25) is 0 Å². The van der Waals surface area contributed by atoms with Gasteiger partial charge in [-0.3, -0.25) is 9.59 Å². The molecule has 0 fully saturated rings. The minimum absolute atomic E-state index is 0.162. The van der Waals surface area contributed by atoms with Crippen LogP contribution in [0.4, 0.5) is 11.4 Å². The molecule has 142 valence electrons. The van der Waals surface area contributed by atoms with E-state index in [0.717, 1.165) is 30.5 Å². The molecule has 0 aliphatic carbocycles. The second kappa shape index (κ2) is 7.72. The molecule has 1 aliphatic rings. The number of carbonyl (C=O) groups excluding carboxylic acids is 2. The molecule has 0 atom stereocenters. The predicted octanol–water partition coefficient (Wildman–Crippen LogP) is 4.69. The smallest absolute Gasteiger partial charge is 0.293 e. The zero-order valence-electron chi connectivity index (χ0n) is 15.8. The van der Waals surface area contributed by atoms with Crippen molar-refractivity contribution in [3.63, 3.8) is 0 Å². The number of benzene rings is 2. The zero-order valence-corrected chi connectivity index (χ0v) is 15.8. The van der Waals surface area contributed by atoms with Gasteiger partial charge in [0.1, 0.15) is 0 Å². The van der Waals surface area contributed by atoms with Crippen LogP contribution in [0, 0.1) is 0 Å². The summed E-state index contributed by atoms with van der Waals surface area (Å²) in [5.41, 5.74) is 4.41. The summed E-state index contributed by atoms with van der Waals surface area (Å²) in [4.78, 5) is 26.9.